The van der Waals surface area contributed by atoms with Crippen LogP contribution < -0.4 is 0 Å². The zero-order valence-electron chi connectivity index (χ0n) is 12.5. The standard InChI is InChI=1S/C16H17N3O3/c1-3-4-5-10-11-8-9(20)6-7-12(11)17-14-13(10)18-16(22)19(2)15(14)21/h6-8,10,20H,3-5H2,1-2H3. The molecule has 2 aliphatic heterocycles. The van der Waals surface area contributed by atoms with Crippen LogP contribution in [0.25, 0.3) is 0 Å². The van der Waals surface area contributed by atoms with Crippen LogP contribution >= 0.6 is 0 Å². The maximum Gasteiger partial charge on any atom is 0.350 e. The fraction of sp³-hybridized carbons (Fsp3) is 0.375. The Morgan fingerprint density at radius 1 is 1.27 bits per heavy atom. The zero-order chi connectivity index (χ0) is 15.9. The van der Waals surface area contributed by atoms with Crippen molar-refractivity contribution in [2.24, 2.45) is 9.98 Å². The van der Waals surface area contributed by atoms with E-state index in [1.54, 1.807) is 18.2 Å². The third kappa shape index (κ3) is 2.20. The Bertz CT molecular complexity index is 721. The maximum absolute atomic E-state index is 12.3. The highest BCUT2D eigenvalue weighted by Gasteiger charge is 2.39. The van der Waals surface area contributed by atoms with Gasteiger partial charge in [-0.15, -0.1) is 0 Å². The van der Waals surface area contributed by atoms with Gasteiger partial charge in [0.1, 0.15) is 5.75 Å². The summed E-state index contributed by atoms with van der Waals surface area (Å²) in [6.45, 7) is 2.08. The molecule has 0 saturated heterocycles. The zero-order valence-corrected chi connectivity index (χ0v) is 12.5. The highest BCUT2D eigenvalue weighted by molar-refractivity contribution is 6.71. The van der Waals surface area contributed by atoms with Crippen LogP contribution in [0.1, 0.15) is 37.7 Å². The first-order valence-corrected chi connectivity index (χ1v) is 7.35. The molecule has 1 N–H and O–H groups in total. The number of carbonyl (C=O) groups excluding carboxylic acids is 2. The molecule has 0 saturated carbocycles. The summed E-state index contributed by atoms with van der Waals surface area (Å²) in [5, 5.41) is 9.74. The molecule has 114 valence electrons. The minimum atomic E-state index is -0.566. The second-order valence-electron chi connectivity index (χ2n) is 5.54. The average molecular weight is 299 g/mol. The van der Waals surface area contributed by atoms with E-state index in [-0.39, 0.29) is 17.4 Å². The largest absolute Gasteiger partial charge is 0.508 e. The molecule has 0 aliphatic carbocycles. The number of hydrogen-bond donors (Lipinski definition) is 1. The molecule has 0 fully saturated rings. The van der Waals surface area contributed by atoms with E-state index in [1.165, 1.54) is 7.05 Å². The van der Waals surface area contributed by atoms with Crippen molar-refractivity contribution in [1.29, 1.82) is 0 Å². The van der Waals surface area contributed by atoms with Crippen molar-refractivity contribution in [1.82, 2.24) is 4.90 Å². The number of phenols is 1. The summed E-state index contributed by atoms with van der Waals surface area (Å²) in [6.07, 6.45) is 2.69. The molecule has 0 aromatic heterocycles. The van der Waals surface area contributed by atoms with Crippen LogP contribution in [0.15, 0.2) is 28.2 Å². The third-order valence-electron chi connectivity index (χ3n) is 4.05. The van der Waals surface area contributed by atoms with Gasteiger partial charge in [0, 0.05) is 13.0 Å². The second-order valence-corrected chi connectivity index (χ2v) is 5.54. The number of amides is 3. The molecule has 2 heterocycles. The maximum atomic E-state index is 12.3. The fourth-order valence-corrected chi connectivity index (χ4v) is 2.83. The Balaban J connectivity index is 2.17. The molecule has 0 bridgehead atoms. The lowest BCUT2D eigenvalue weighted by Gasteiger charge is -2.30. The number of aliphatic imine (C=N–C) groups is 2. The number of carbonyl (C=O) groups is 2. The summed E-state index contributed by atoms with van der Waals surface area (Å²) in [6, 6.07) is 4.32. The number of aromatic hydroxyl groups is 1. The molecule has 6 heteroatoms. The van der Waals surface area contributed by atoms with Crippen molar-refractivity contribution >= 4 is 29.0 Å². The number of unbranched alkanes of at least 4 members (excludes halogenated alkanes) is 1. The van der Waals surface area contributed by atoms with E-state index in [2.05, 4.69) is 16.9 Å². The number of rotatable bonds is 3. The summed E-state index contributed by atoms with van der Waals surface area (Å²) < 4.78 is 0. The van der Waals surface area contributed by atoms with Gasteiger partial charge in [0.05, 0.1) is 11.4 Å². The number of urea groups is 1. The van der Waals surface area contributed by atoms with Gasteiger partial charge in [-0.25, -0.2) is 9.79 Å². The van der Waals surface area contributed by atoms with Crippen LogP contribution in [-0.4, -0.2) is 40.4 Å². The number of imide groups is 1. The number of nitrogens with zero attached hydrogens (tertiary/aromatic N) is 3. The van der Waals surface area contributed by atoms with E-state index >= 15 is 0 Å². The Morgan fingerprint density at radius 3 is 2.77 bits per heavy atom. The number of hydrogen-bond acceptors (Lipinski definition) is 4. The predicted octanol–water partition coefficient (Wildman–Crippen LogP) is 2.79. The average Bonchev–Trinajstić information content (AvgIpc) is 2.50. The minimum Gasteiger partial charge on any atom is -0.508 e. The fourth-order valence-electron chi connectivity index (χ4n) is 2.83. The molecule has 1 aromatic carbocycles. The van der Waals surface area contributed by atoms with Crippen molar-refractivity contribution in [2.75, 3.05) is 7.05 Å². The van der Waals surface area contributed by atoms with Crippen LogP contribution in [0.3, 0.4) is 0 Å². The Hall–Kier alpha value is -2.50. The van der Waals surface area contributed by atoms with E-state index in [4.69, 9.17) is 0 Å². The Kier molecular flexibility index (Phi) is 3.52. The van der Waals surface area contributed by atoms with Crippen LogP contribution in [0.4, 0.5) is 10.5 Å². The van der Waals surface area contributed by atoms with Crippen LogP contribution in [0.2, 0.25) is 0 Å². The van der Waals surface area contributed by atoms with Gasteiger partial charge in [0.2, 0.25) is 0 Å². The van der Waals surface area contributed by atoms with Gasteiger partial charge in [-0.05, 0) is 30.2 Å². The van der Waals surface area contributed by atoms with Crippen molar-refractivity contribution in [3.8, 4) is 5.75 Å². The highest BCUT2D eigenvalue weighted by Crippen LogP contribution is 2.39. The highest BCUT2D eigenvalue weighted by atomic mass is 16.3. The summed E-state index contributed by atoms with van der Waals surface area (Å²) in [5.41, 5.74) is 2.14. The molecule has 3 amide bonds. The van der Waals surface area contributed by atoms with Gasteiger partial charge >= 0.3 is 6.03 Å². The van der Waals surface area contributed by atoms with Gasteiger partial charge < -0.3 is 5.11 Å². The number of phenolic OH excluding ortho intramolecular Hbond substituents is 1. The molecule has 2 aliphatic rings. The van der Waals surface area contributed by atoms with Crippen molar-refractivity contribution in [2.45, 2.75) is 32.1 Å². The summed E-state index contributed by atoms with van der Waals surface area (Å²) >= 11 is 0. The summed E-state index contributed by atoms with van der Waals surface area (Å²) in [7, 11) is 1.40. The first-order chi connectivity index (χ1) is 10.5. The quantitative estimate of drug-likeness (QED) is 0.931. The first-order valence-electron chi connectivity index (χ1n) is 7.35. The van der Waals surface area contributed by atoms with Crippen molar-refractivity contribution in [3.63, 3.8) is 0 Å². The van der Waals surface area contributed by atoms with Crippen LogP contribution in [0, 0.1) is 0 Å². The first kappa shape index (κ1) is 14.4. The van der Waals surface area contributed by atoms with E-state index in [0.29, 0.717) is 11.4 Å². The van der Waals surface area contributed by atoms with E-state index < -0.39 is 11.9 Å². The lowest BCUT2D eigenvalue weighted by Crippen LogP contribution is -2.47. The topological polar surface area (TPSA) is 82.3 Å². The molecule has 22 heavy (non-hydrogen) atoms. The third-order valence-corrected chi connectivity index (χ3v) is 4.05. The van der Waals surface area contributed by atoms with Crippen LogP contribution in [0.5, 0.6) is 5.75 Å². The lowest BCUT2D eigenvalue weighted by molar-refractivity contribution is -0.120. The van der Waals surface area contributed by atoms with Crippen molar-refractivity contribution in [3.05, 3.63) is 23.8 Å². The van der Waals surface area contributed by atoms with E-state index in [1.807, 2.05) is 0 Å². The van der Waals surface area contributed by atoms with Crippen LogP contribution in [-0.2, 0) is 4.79 Å². The van der Waals surface area contributed by atoms with Gasteiger partial charge in [-0.2, -0.15) is 4.99 Å². The second kappa shape index (κ2) is 5.36. The monoisotopic (exact) mass is 299 g/mol. The lowest BCUT2D eigenvalue weighted by atomic mass is 9.83. The molecule has 1 unspecified atom stereocenters. The molecule has 1 atom stereocenters. The van der Waals surface area contributed by atoms with Gasteiger partial charge in [-0.1, -0.05) is 19.8 Å². The van der Waals surface area contributed by atoms with E-state index in [0.717, 1.165) is 29.7 Å². The smallest absolute Gasteiger partial charge is 0.350 e. The minimum absolute atomic E-state index is 0.144. The Labute approximate surface area is 128 Å². The Morgan fingerprint density at radius 2 is 2.05 bits per heavy atom. The molecule has 3 rings (SSSR count). The normalized spacial score (nSPS) is 20.3. The molecule has 1 aromatic rings. The molecule has 0 spiro atoms. The molecular weight excluding hydrogens is 282 g/mol. The summed E-state index contributed by atoms with van der Waals surface area (Å²) in [5.74, 6) is -0.462. The van der Waals surface area contributed by atoms with Crippen molar-refractivity contribution < 1.29 is 14.7 Å². The number of benzene rings is 1. The number of fused-ring (bicyclic) bond motifs is 2. The molecule has 0 radical (unpaired) electrons. The SMILES string of the molecule is CCCCC1C2=NC(=O)N(C)C(=O)C2=Nc2ccc(O)cc21. The van der Waals surface area contributed by atoms with Gasteiger partial charge in [0.25, 0.3) is 5.91 Å². The van der Waals surface area contributed by atoms with E-state index in [9.17, 15) is 14.7 Å². The molecular formula is C16H17N3O3. The summed E-state index contributed by atoms with van der Waals surface area (Å²) in [4.78, 5) is 33.6. The molecule has 6 nitrogen and oxygen atoms in total. The van der Waals surface area contributed by atoms with Gasteiger partial charge in [-0.3, -0.25) is 9.69 Å². The predicted molar refractivity (Wildman–Crippen MR) is 83.1 cm³/mol. The van der Waals surface area contributed by atoms with Gasteiger partial charge in [0.15, 0.2) is 5.71 Å².